The van der Waals surface area contributed by atoms with Gasteiger partial charge in [0.15, 0.2) is 0 Å². The molecule has 0 unspecified atom stereocenters. The van der Waals surface area contributed by atoms with Crippen LogP contribution in [0.25, 0.3) is 10.8 Å². The number of sulfonamides is 1. The van der Waals surface area contributed by atoms with Crippen molar-refractivity contribution in [3.8, 4) is 5.88 Å². The molecule has 2 aromatic carbocycles. The van der Waals surface area contributed by atoms with Crippen molar-refractivity contribution < 1.29 is 21.9 Å². The Morgan fingerprint density at radius 1 is 1.10 bits per heavy atom. The Labute approximate surface area is 176 Å². The van der Waals surface area contributed by atoms with Gasteiger partial charge in [-0.15, -0.1) is 4.83 Å². The summed E-state index contributed by atoms with van der Waals surface area (Å²) in [5, 5.41) is 2.97. The fourth-order valence-electron chi connectivity index (χ4n) is 2.83. The minimum atomic E-state index is -4.38. The largest absolute Gasteiger partial charge is 0.420 e. The van der Waals surface area contributed by atoms with Crippen molar-refractivity contribution in [2.45, 2.75) is 4.90 Å². The third kappa shape index (κ3) is 4.13. The molecule has 0 saturated heterocycles. The first-order chi connectivity index (χ1) is 14.3. The minimum absolute atomic E-state index is 0.0342. The van der Waals surface area contributed by atoms with Crippen LogP contribution in [-0.2, 0) is 10.0 Å². The molecule has 154 valence electrons. The van der Waals surface area contributed by atoms with E-state index in [-0.39, 0.29) is 23.3 Å². The van der Waals surface area contributed by atoms with Crippen LogP contribution in [-0.4, -0.2) is 25.0 Å². The molecule has 2 heterocycles. The number of nitrogens with one attached hydrogen (secondary N) is 1. The second-order valence-corrected chi connectivity index (χ2v) is 8.34. The van der Waals surface area contributed by atoms with Crippen LogP contribution in [0.4, 0.5) is 8.78 Å². The van der Waals surface area contributed by atoms with Crippen molar-refractivity contribution in [1.29, 1.82) is 0 Å². The summed E-state index contributed by atoms with van der Waals surface area (Å²) in [6.07, 6.45) is 4.74. The molecule has 1 aromatic heterocycles. The number of hydrazine groups is 1. The normalized spacial score (nSPS) is 14.4. The highest BCUT2D eigenvalue weighted by atomic mass is 35.5. The maximum absolute atomic E-state index is 14.0. The Morgan fingerprint density at radius 3 is 2.63 bits per heavy atom. The summed E-state index contributed by atoms with van der Waals surface area (Å²) in [6.45, 7) is 0.0567. The number of fused-ring (bicyclic) bond motifs is 1. The van der Waals surface area contributed by atoms with Crippen LogP contribution in [0, 0.1) is 11.6 Å². The zero-order valence-corrected chi connectivity index (χ0v) is 16.8. The molecule has 0 bridgehead atoms. The Kier molecular flexibility index (Phi) is 5.42. The number of pyridine rings is 1. The van der Waals surface area contributed by atoms with Gasteiger partial charge < -0.3 is 4.74 Å². The van der Waals surface area contributed by atoms with Gasteiger partial charge in [-0.05, 0) is 23.6 Å². The number of hydrogen-bond acceptors (Lipinski definition) is 5. The lowest BCUT2D eigenvalue weighted by atomic mass is 10.2. The maximum Gasteiger partial charge on any atom is 0.260 e. The monoisotopic (exact) mass is 449 g/mol. The lowest BCUT2D eigenvalue weighted by Gasteiger charge is -2.28. The zero-order valence-electron chi connectivity index (χ0n) is 15.2. The van der Waals surface area contributed by atoms with Crippen molar-refractivity contribution >= 4 is 32.4 Å². The predicted molar refractivity (Wildman–Crippen MR) is 108 cm³/mol. The number of hydrogen-bond donors (Lipinski definition) is 1. The quantitative estimate of drug-likeness (QED) is 0.636. The van der Waals surface area contributed by atoms with Gasteiger partial charge in [0.05, 0.1) is 6.54 Å². The van der Waals surface area contributed by atoms with E-state index < -0.39 is 26.6 Å². The van der Waals surface area contributed by atoms with Crippen LogP contribution in [0.1, 0.15) is 0 Å². The third-order valence-electron chi connectivity index (χ3n) is 4.22. The van der Waals surface area contributed by atoms with E-state index in [9.17, 15) is 17.2 Å². The number of aromatic nitrogens is 1. The van der Waals surface area contributed by atoms with Gasteiger partial charge in [-0.3, -0.25) is 5.01 Å². The molecular weight excluding hydrogens is 436 g/mol. The van der Waals surface area contributed by atoms with E-state index in [1.165, 1.54) is 0 Å². The predicted octanol–water partition coefficient (Wildman–Crippen LogP) is 4.07. The standard InChI is InChI=1S/C20H14ClF2N3O3S/c21-16-6-3-9-26(25-30(27,28)18-8-7-15(22)11-17(18)23)20(16)29-19-10-13-4-1-2-5-14(13)12-24-19/h1-8,10-12,25H,9H2. The van der Waals surface area contributed by atoms with Gasteiger partial charge in [0.1, 0.15) is 21.6 Å². The van der Waals surface area contributed by atoms with Crippen LogP contribution in [0.3, 0.4) is 0 Å². The third-order valence-corrected chi connectivity index (χ3v) is 5.88. The van der Waals surface area contributed by atoms with Crippen LogP contribution < -0.4 is 9.57 Å². The van der Waals surface area contributed by atoms with Crippen molar-refractivity contribution in [1.82, 2.24) is 14.8 Å². The van der Waals surface area contributed by atoms with Crippen LogP contribution >= 0.6 is 11.6 Å². The summed E-state index contributed by atoms with van der Waals surface area (Å²) >= 11 is 6.21. The zero-order chi connectivity index (χ0) is 21.3. The molecule has 0 saturated carbocycles. The second kappa shape index (κ2) is 8.02. The Balaban J connectivity index is 1.63. The number of nitrogens with zero attached hydrogens (tertiary/aromatic N) is 2. The Hall–Kier alpha value is -3.01. The van der Waals surface area contributed by atoms with E-state index in [4.69, 9.17) is 16.3 Å². The molecule has 1 aliphatic rings. The van der Waals surface area contributed by atoms with Gasteiger partial charge in [0.2, 0.25) is 11.8 Å². The fraction of sp³-hybridized carbons (Fsp3) is 0.0500. The number of halogens is 3. The van der Waals surface area contributed by atoms with Gasteiger partial charge in [-0.25, -0.2) is 22.2 Å². The summed E-state index contributed by atoms with van der Waals surface area (Å²) in [7, 11) is -4.38. The van der Waals surface area contributed by atoms with Crippen LogP contribution in [0.2, 0.25) is 0 Å². The van der Waals surface area contributed by atoms with Gasteiger partial charge >= 0.3 is 0 Å². The second-order valence-electron chi connectivity index (χ2n) is 6.31. The molecule has 1 aliphatic heterocycles. The average molecular weight is 450 g/mol. The summed E-state index contributed by atoms with van der Waals surface area (Å²) in [4.78, 5) is 5.70. The van der Waals surface area contributed by atoms with Gasteiger partial charge in [-0.2, -0.15) is 0 Å². The van der Waals surface area contributed by atoms with E-state index in [2.05, 4.69) is 9.82 Å². The average Bonchev–Trinajstić information content (AvgIpc) is 2.70. The lowest BCUT2D eigenvalue weighted by molar-refractivity contribution is 0.199. The topological polar surface area (TPSA) is 71.5 Å². The molecule has 6 nitrogen and oxygen atoms in total. The molecule has 4 rings (SSSR count). The van der Waals surface area contributed by atoms with E-state index in [0.717, 1.165) is 27.9 Å². The van der Waals surface area contributed by atoms with E-state index in [1.54, 1.807) is 24.4 Å². The molecule has 0 aliphatic carbocycles. The van der Waals surface area contributed by atoms with Gasteiger partial charge in [0.25, 0.3) is 10.0 Å². The lowest BCUT2D eigenvalue weighted by Crippen LogP contribution is -2.44. The van der Waals surface area contributed by atoms with Gasteiger partial charge in [0, 0.05) is 23.7 Å². The maximum atomic E-state index is 14.0. The van der Waals surface area contributed by atoms with Crippen molar-refractivity contribution in [3.63, 3.8) is 0 Å². The van der Waals surface area contributed by atoms with Crippen molar-refractivity contribution in [2.75, 3.05) is 6.54 Å². The van der Waals surface area contributed by atoms with Crippen molar-refractivity contribution in [3.05, 3.63) is 89.4 Å². The summed E-state index contributed by atoms with van der Waals surface area (Å²) in [6, 6.07) is 11.4. The number of ether oxygens (including phenoxy) is 1. The number of allylic oxidation sites excluding steroid dienone is 2. The van der Waals surface area contributed by atoms with Crippen molar-refractivity contribution in [2.24, 2.45) is 0 Å². The number of benzene rings is 2. The molecular formula is C20H14ClF2N3O3S. The summed E-state index contributed by atoms with van der Waals surface area (Å²) < 4.78 is 58.2. The number of rotatable bonds is 5. The first kappa shape index (κ1) is 20.3. The molecule has 0 atom stereocenters. The highest BCUT2D eigenvalue weighted by Crippen LogP contribution is 2.26. The molecule has 10 heteroatoms. The van der Waals surface area contributed by atoms with Crippen LogP contribution in [0.15, 0.2) is 82.7 Å². The molecule has 0 spiro atoms. The van der Waals surface area contributed by atoms with E-state index >= 15 is 0 Å². The van der Waals surface area contributed by atoms with E-state index in [1.807, 2.05) is 24.3 Å². The van der Waals surface area contributed by atoms with E-state index in [0.29, 0.717) is 6.07 Å². The highest BCUT2D eigenvalue weighted by molar-refractivity contribution is 7.89. The molecule has 1 N–H and O–H groups in total. The molecule has 0 fully saturated rings. The summed E-state index contributed by atoms with van der Waals surface area (Å²) in [5.41, 5.74) is 0. The Morgan fingerprint density at radius 2 is 1.87 bits per heavy atom. The molecule has 0 amide bonds. The highest BCUT2D eigenvalue weighted by Gasteiger charge is 2.27. The first-order valence-electron chi connectivity index (χ1n) is 8.67. The Bertz CT molecular complexity index is 1300. The SMILES string of the molecule is O=S(=O)(NN1CC=CC(Cl)=C1Oc1cc2ccccc2cn1)c1ccc(F)cc1F. The summed E-state index contributed by atoms with van der Waals surface area (Å²) in [5.74, 6) is -1.95. The first-order valence-corrected chi connectivity index (χ1v) is 10.5. The fourth-order valence-corrected chi connectivity index (χ4v) is 4.17. The molecule has 30 heavy (non-hydrogen) atoms. The molecule has 3 aromatic rings. The van der Waals surface area contributed by atoms with Gasteiger partial charge in [-0.1, -0.05) is 41.9 Å². The minimum Gasteiger partial charge on any atom is -0.420 e. The smallest absolute Gasteiger partial charge is 0.260 e. The molecule has 0 radical (unpaired) electrons. The van der Waals surface area contributed by atoms with Crippen LogP contribution in [0.5, 0.6) is 5.88 Å².